The van der Waals surface area contributed by atoms with Crippen LogP contribution in [0.15, 0.2) is 67.0 Å². The average Bonchev–Trinajstić information content (AvgIpc) is 2.81. The Labute approximate surface area is 187 Å². The zero-order chi connectivity index (χ0) is 22.3. The molecule has 2 amide bonds. The Morgan fingerprint density at radius 1 is 1.12 bits per heavy atom. The molecule has 0 radical (unpaired) electrons. The average molecular weight is 431 g/mol. The fourth-order valence-electron chi connectivity index (χ4n) is 3.50. The number of benzene rings is 2. The number of nitrogens with one attached hydrogen (secondary N) is 1. The van der Waals surface area contributed by atoms with Crippen LogP contribution in [0.3, 0.4) is 0 Å². The molecular weight excluding hydrogens is 406 g/mol. The van der Waals surface area contributed by atoms with Gasteiger partial charge in [0, 0.05) is 30.2 Å². The third kappa shape index (κ3) is 5.24. The van der Waals surface area contributed by atoms with Gasteiger partial charge >= 0.3 is 0 Å². The van der Waals surface area contributed by atoms with E-state index in [0.717, 1.165) is 24.2 Å². The SMILES string of the molecule is Cc1cccc(OCCCCN2C(=O)COc3ccc(NC(=O)c4ccncc4)cc32)c1. The molecule has 7 heteroatoms. The number of hydrogen-bond acceptors (Lipinski definition) is 5. The summed E-state index contributed by atoms with van der Waals surface area (Å²) in [5.74, 6) is 1.14. The minimum absolute atomic E-state index is 0.00944. The van der Waals surface area contributed by atoms with Crippen LogP contribution in [0.4, 0.5) is 11.4 Å². The number of ether oxygens (including phenoxy) is 2. The molecule has 32 heavy (non-hydrogen) atoms. The van der Waals surface area contributed by atoms with Gasteiger partial charge in [-0.3, -0.25) is 14.6 Å². The molecule has 3 aromatic rings. The first-order valence-corrected chi connectivity index (χ1v) is 10.6. The molecular formula is C25H25N3O4. The molecule has 164 valence electrons. The summed E-state index contributed by atoms with van der Waals surface area (Å²) in [7, 11) is 0. The van der Waals surface area contributed by atoms with E-state index in [1.54, 1.807) is 47.6 Å². The zero-order valence-electron chi connectivity index (χ0n) is 17.9. The number of unbranched alkanes of at least 4 members (excludes halogenated alkanes) is 1. The molecule has 0 atom stereocenters. The molecule has 1 N–H and O–H groups in total. The van der Waals surface area contributed by atoms with Crippen LogP contribution in [-0.4, -0.2) is 36.6 Å². The lowest BCUT2D eigenvalue weighted by molar-refractivity contribution is -0.121. The van der Waals surface area contributed by atoms with E-state index in [-0.39, 0.29) is 18.4 Å². The number of carbonyl (C=O) groups is 2. The van der Waals surface area contributed by atoms with Gasteiger partial charge in [-0.1, -0.05) is 12.1 Å². The number of anilines is 2. The fourth-order valence-corrected chi connectivity index (χ4v) is 3.50. The first-order valence-electron chi connectivity index (χ1n) is 10.6. The van der Waals surface area contributed by atoms with Crippen LogP contribution in [0.5, 0.6) is 11.5 Å². The minimum atomic E-state index is -0.241. The van der Waals surface area contributed by atoms with Crippen LogP contribution < -0.4 is 19.7 Å². The molecule has 4 rings (SSSR count). The van der Waals surface area contributed by atoms with E-state index in [0.29, 0.717) is 35.8 Å². The van der Waals surface area contributed by atoms with Gasteiger partial charge in [-0.05, 0) is 67.8 Å². The lowest BCUT2D eigenvalue weighted by atomic mass is 10.1. The van der Waals surface area contributed by atoms with Crippen molar-refractivity contribution in [1.82, 2.24) is 4.98 Å². The lowest BCUT2D eigenvalue weighted by Crippen LogP contribution is -2.39. The van der Waals surface area contributed by atoms with E-state index in [2.05, 4.69) is 10.3 Å². The van der Waals surface area contributed by atoms with Gasteiger partial charge in [-0.15, -0.1) is 0 Å². The number of aryl methyl sites for hydroxylation is 1. The summed E-state index contributed by atoms with van der Waals surface area (Å²) >= 11 is 0. The topological polar surface area (TPSA) is 80.8 Å². The molecule has 1 aromatic heterocycles. The van der Waals surface area contributed by atoms with Crippen molar-refractivity contribution in [3.8, 4) is 11.5 Å². The van der Waals surface area contributed by atoms with Crippen molar-refractivity contribution in [2.75, 3.05) is 30.0 Å². The summed E-state index contributed by atoms with van der Waals surface area (Å²) in [6, 6.07) is 16.5. The van der Waals surface area contributed by atoms with Crippen LogP contribution in [0.2, 0.25) is 0 Å². The number of amides is 2. The summed E-state index contributed by atoms with van der Waals surface area (Å²) in [6.45, 7) is 3.17. The Morgan fingerprint density at radius 2 is 1.97 bits per heavy atom. The quantitative estimate of drug-likeness (QED) is 0.540. The van der Waals surface area contributed by atoms with Gasteiger partial charge in [0.15, 0.2) is 6.61 Å². The molecule has 0 saturated carbocycles. The van der Waals surface area contributed by atoms with Crippen molar-refractivity contribution < 1.29 is 19.1 Å². The number of fused-ring (bicyclic) bond motifs is 1. The van der Waals surface area contributed by atoms with Gasteiger partial charge in [0.2, 0.25) is 0 Å². The molecule has 2 heterocycles. The van der Waals surface area contributed by atoms with Crippen LogP contribution in [0.25, 0.3) is 0 Å². The molecule has 7 nitrogen and oxygen atoms in total. The number of carbonyl (C=O) groups excluding carboxylic acids is 2. The van der Waals surface area contributed by atoms with Crippen molar-refractivity contribution in [3.05, 3.63) is 78.1 Å². The van der Waals surface area contributed by atoms with Gasteiger partial charge < -0.3 is 19.7 Å². The monoisotopic (exact) mass is 431 g/mol. The van der Waals surface area contributed by atoms with Crippen LogP contribution >= 0.6 is 0 Å². The summed E-state index contributed by atoms with van der Waals surface area (Å²) in [6.07, 6.45) is 4.73. The second kappa shape index (κ2) is 9.96. The first-order chi connectivity index (χ1) is 15.6. The van der Waals surface area contributed by atoms with Crippen molar-refractivity contribution >= 4 is 23.2 Å². The second-order valence-electron chi connectivity index (χ2n) is 7.58. The third-order valence-electron chi connectivity index (χ3n) is 5.14. The zero-order valence-corrected chi connectivity index (χ0v) is 17.9. The van der Waals surface area contributed by atoms with Gasteiger partial charge in [-0.2, -0.15) is 0 Å². The molecule has 1 aliphatic heterocycles. The van der Waals surface area contributed by atoms with E-state index in [4.69, 9.17) is 9.47 Å². The van der Waals surface area contributed by atoms with E-state index in [1.165, 1.54) is 0 Å². The van der Waals surface area contributed by atoms with Crippen molar-refractivity contribution in [3.63, 3.8) is 0 Å². The molecule has 0 aliphatic carbocycles. The maximum atomic E-state index is 12.5. The number of hydrogen-bond donors (Lipinski definition) is 1. The number of aromatic nitrogens is 1. The van der Waals surface area contributed by atoms with Crippen LogP contribution in [0, 0.1) is 6.92 Å². The normalized spacial score (nSPS) is 12.7. The first kappa shape index (κ1) is 21.4. The van der Waals surface area contributed by atoms with Gasteiger partial charge in [0.05, 0.1) is 12.3 Å². The fraction of sp³-hybridized carbons (Fsp3) is 0.240. The molecule has 2 aromatic carbocycles. The van der Waals surface area contributed by atoms with Gasteiger partial charge in [0.25, 0.3) is 11.8 Å². The van der Waals surface area contributed by atoms with Crippen LogP contribution in [0.1, 0.15) is 28.8 Å². The Hall–Kier alpha value is -3.87. The molecule has 0 unspecified atom stereocenters. The summed E-state index contributed by atoms with van der Waals surface area (Å²) in [5, 5.41) is 2.86. The minimum Gasteiger partial charge on any atom is -0.494 e. The Bertz CT molecular complexity index is 1100. The highest BCUT2D eigenvalue weighted by Gasteiger charge is 2.25. The van der Waals surface area contributed by atoms with Crippen LogP contribution in [-0.2, 0) is 4.79 Å². The Balaban J connectivity index is 1.37. The smallest absolute Gasteiger partial charge is 0.265 e. The van der Waals surface area contributed by atoms with E-state index in [1.807, 2.05) is 31.2 Å². The summed E-state index contributed by atoms with van der Waals surface area (Å²) in [4.78, 5) is 30.6. The molecule has 0 bridgehead atoms. The predicted molar refractivity (Wildman–Crippen MR) is 122 cm³/mol. The molecule has 0 spiro atoms. The molecule has 0 fully saturated rings. The lowest BCUT2D eigenvalue weighted by Gasteiger charge is -2.30. The summed E-state index contributed by atoms with van der Waals surface area (Å²) in [5.41, 5.74) is 2.92. The Morgan fingerprint density at radius 3 is 2.78 bits per heavy atom. The second-order valence-corrected chi connectivity index (χ2v) is 7.58. The van der Waals surface area contributed by atoms with Gasteiger partial charge in [0.1, 0.15) is 11.5 Å². The highest BCUT2D eigenvalue weighted by atomic mass is 16.5. The van der Waals surface area contributed by atoms with E-state index in [9.17, 15) is 9.59 Å². The predicted octanol–water partition coefficient (Wildman–Crippen LogP) is 4.23. The van der Waals surface area contributed by atoms with E-state index < -0.39 is 0 Å². The largest absolute Gasteiger partial charge is 0.494 e. The number of pyridine rings is 1. The van der Waals surface area contributed by atoms with Crippen molar-refractivity contribution in [1.29, 1.82) is 0 Å². The molecule has 1 aliphatic rings. The molecule has 0 saturated heterocycles. The maximum Gasteiger partial charge on any atom is 0.265 e. The summed E-state index contributed by atoms with van der Waals surface area (Å²) < 4.78 is 11.4. The third-order valence-corrected chi connectivity index (χ3v) is 5.14. The van der Waals surface area contributed by atoms with E-state index >= 15 is 0 Å². The van der Waals surface area contributed by atoms with Gasteiger partial charge in [-0.25, -0.2) is 0 Å². The Kier molecular flexibility index (Phi) is 6.65. The number of rotatable bonds is 8. The number of nitrogens with zero attached hydrogens (tertiary/aromatic N) is 2. The van der Waals surface area contributed by atoms with Crippen molar-refractivity contribution in [2.45, 2.75) is 19.8 Å². The highest BCUT2D eigenvalue weighted by Crippen LogP contribution is 2.35. The highest BCUT2D eigenvalue weighted by molar-refractivity contribution is 6.05. The maximum absolute atomic E-state index is 12.5. The van der Waals surface area contributed by atoms with Crippen molar-refractivity contribution in [2.24, 2.45) is 0 Å². The standard InChI is InChI=1S/C25H25N3O4/c1-18-5-4-6-21(15-18)31-14-3-2-13-28-22-16-20(7-8-23(22)32-17-24(28)29)27-25(30)19-9-11-26-12-10-19/h4-12,15-16H,2-3,13-14,17H2,1H3,(H,27,30).